The molecule has 0 aromatic carbocycles. The van der Waals surface area contributed by atoms with E-state index in [0.717, 1.165) is 5.69 Å². The van der Waals surface area contributed by atoms with Crippen molar-refractivity contribution in [3.63, 3.8) is 0 Å². The summed E-state index contributed by atoms with van der Waals surface area (Å²) in [6.45, 7) is 7.24. The molecule has 5 heteroatoms. The van der Waals surface area contributed by atoms with Gasteiger partial charge in [-0.05, 0) is 24.0 Å². The minimum absolute atomic E-state index is 0.130. The molecule has 1 N–H and O–H groups in total. The van der Waals surface area contributed by atoms with E-state index in [9.17, 15) is 4.79 Å². The number of pyridine rings is 1. The number of halogens is 1. The van der Waals surface area contributed by atoms with Gasteiger partial charge in [0, 0.05) is 24.9 Å². The Kier molecular flexibility index (Phi) is 6.25. The Morgan fingerprint density at radius 2 is 2.11 bits per heavy atom. The second-order valence-electron chi connectivity index (χ2n) is 5.03. The molecule has 0 spiro atoms. The van der Waals surface area contributed by atoms with Crippen molar-refractivity contribution in [3.8, 4) is 0 Å². The molecule has 0 aliphatic carbocycles. The van der Waals surface area contributed by atoms with Gasteiger partial charge in [0.15, 0.2) is 0 Å². The summed E-state index contributed by atoms with van der Waals surface area (Å²) < 4.78 is 5.03. The summed E-state index contributed by atoms with van der Waals surface area (Å²) in [5.41, 5.74) is 1.37. The first-order valence-electron chi connectivity index (χ1n) is 6.38. The predicted molar refractivity (Wildman–Crippen MR) is 76.7 cm³/mol. The van der Waals surface area contributed by atoms with Crippen molar-refractivity contribution < 1.29 is 9.53 Å². The third kappa shape index (κ3) is 5.17. The number of nitrogens with one attached hydrogen (secondary N) is 1. The molecule has 0 fully saturated rings. The van der Waals surface area contributed by atoms with Crippen molar-refractivity contribution in [2.45, 2.75) is 26.7 Å². The molecule has 4 nitrogen and oxygen atoms in total. The van der Waals surface area contributed by atoms with E-state index in [2.05, 4.69) is 10.3 Å². The summed E-state index contributed by atoms with van der Waals surface area (Å²) >= 11 is 5.94. The predicted octanol–water partition coefficient (Wildman–Crippen LogP) is 2.87. The second-order valence-corrected chi connectivity index (χ2v) is 5.42. The van der Waals surface area contributed by atoms with Crippen molar-refractivity contribution in [1.82, 2.24) is 10.3 Å². The molecule has 1 atom stereocenters. The Labute approximate surface area is 119 Å². The lowest BCUT2D eigenvalue weighted by Crippen LogP contribution is -2.30. The maximum absolute atomic E-state index is 12.0. The van der Waals surface area contributed by atoms with E-state index in [1.165, 1.54) is 0 Å². The maximum Gasteiger partial charge on any atom is 0.251 e. The number of aromatic nitrogens is 1. The SMILES string of the molecule is COCC(C)CNC(=O)c1cc(Cl)nc(C(C)C)c1. The van der Waals surface area contributed by atoms with Gasteiger partial charge in [-0.15, -0.1) is 0 Å². The van der Waals surface area contributed by atoms with Crippen LogP contribution in [0.3, 0.4) is 0 Å². The molecule has 106 valence electrons. The molecule has 0 saturated carbocycles. The summed E-state index contributed by atoms with van der Waals surface area (Å²) in [5.74, 6) is 0.377. The molecule has 1 heterocycles. The van der Waals surface area contributed by atoms with Crippen molar-refractivity contribution in [3.05, 3.63) is 28.5 Å². The lowest BCUT2D eigenvalue weighted by atomic mass is 10.1. The third-order valence-electron chi connectivity index (χ3n) is 2.73. The zero-order chi connectivity index (χ0) is 14.4. The van der Waals surface area contributed by atoms with Crippen LogP contribution in [-0.2, 0) is 4.74 Å². The van der Waals surface area contributed by atoms with Crippen molar-refractivity contribution in [1.29, 1.82) is 0 Å². The highest BCUT2D eigenvalue weighted by atomic mass is 35.5. The van der Waals surface area contributed by atoms with Crippen LogP contribution in [0.4, 0.5) is 0 Å². The van der Waals surface area contributed by atoms with Crippen LogP contribution in [0.1, 0.15) is 42.7 Å². The molecule has 0 aliphatic rings. The number of carbonyl (C=O) groups is 1. The van der Waals surface area contributed by atoms with E-state index in [1.807, 2.05) is 20.8 Å². The number of ether oxygens (including phenoxy) is 1. The van der Waals surface area contributed by atoms with E-state index in [4.69, 9.17) is 16.3 Å². The first-order valence-corrected chi connectivity index (χ1v) is 6.76. The fourth-order valence-electron chi connectivity index (χ4n) is 1.66. The van der Waals surface area contributed by atoms with Gasteiger partial charge >= 0.3 is 0 Å². The number of nitrogens with zero attached hydrogens (tertiary/aromatic N) is 1. The first kappa shape index (κ1) is 15.9. The second kappa shape index (κ2) is 7.46. The van der Waals surface area contributed by atoms with Gasteiger partial charge in [0.2, 0.25) is 0 Å². The minimum atomic E-state index is -0.130. The number of hydrogen-bond acceptors (Lipinski definition) is 3. The number of carbonyl (C=O) groups excluding carboxylic acids is 1. The molecule has 1 aromatic heterocycles. The van der Waals surface area contributed by atoms with Crippen LogP contribution in [0.2, 0.25) is 5.15 Å². The molecular weight excluding hydrogens is 264 g/mol. The van der Waals surface area contributed by atoms with Gasteiger partial charge in [0.05, 0.1) is 6.61 Å². The fraction of sp³-hybridized carbons (Fsp3) is 0.571. The number of amides is 1. The highest BCUT2D eigenvalue weighted by molar-refractivity contribution is 6.29. The lowest BCUT2D eigenvalue weighted by Gasteiger charge is -2.12. The molecule has 0 radical (unpaired) electrons. The average Bonchev–Trinajstić information content (AvgIpc) is 2.35. The fourth-order valence-corrected chi connectivity index (χ4v) is 1.87. The molecule has 1 amide bonds. The third-order valence-corrected chi connectivity index (χ3v) is 2.92. The quantitative estimate of drug-likeness (QED) is 0.817. The van der Waals surface area contributed by atoms with Crippen LogP contribution >= 0.6 is 11.6 Å². The van der Waals surface area contributed by atoms with Crippen LogP contribution in [0, 0.1) is 5.92 Å². The zero-order valence-electron chi connectivity index (χ0n) is 11.9. The van der Waals surface area contributed by atoms with Gasteiger partial charge in [0.25, 0.3) is 5.91 Å². The van der Waals surface area contributed by atoms with Gasteiger partial charge in [-0.2, -0.15) is 0 Å². The van der Waals surface area contributed by atoms with Crippen molar-refractivity contribution in [2.75, 3.05) is 20.3 Å². The summed E-state index contributed by atoms with van der Waals surface area (Å²) in [6, 6.07) is 3.37. The monoisotopic (exact) mass is 284 g/mol. The van der Waals surface area contributed by atoms with E-state index < -0.39 is 0 Å². The molecule has 1 rings (SSSR count). The van der Waals surface area contributed by atoms with E-state index >= 15 is 0 Å². The van der Waals surface area contributed by atoms with Crippen LogP contribution in [-0.4, -0.2) is 31.2 Å². The van der Waals surface area contributed by atoms with E-state index in [-0.39, 0.29) is 17.7 Å². The molecule has 0 bridgehead atoms. The summed E-state index contributed by atoms with van der Waals surface area (Å²) in [6.07, 6.45) is 0. The Morgan fingerprint density at radius 3 is 2.68 bits per heavy atom. The van der Waals surface area contributed by atoms with Crippen molar-refractivity contribution >= 4 is 17.5 Å². The Bertz CT molecular complexity index is 435. The highest BCUT2D eigenvalue weighted by Crippen LogP contribution is 2.17. The smallest absolute Gasteiger partial charge is 0.251 e. The van der Waals surface area contributed by atoms with Crippen LogP contribution < -0.4 is 5.32 Å². The molecule has 0 saturated heterocycles. The van der Waals surface area contributed by atoms with E-state index in [0.29, 0.717) is 23.9 Å². The summed E-state index contributed by atoms with van der Waals surface area (Å²) in [4.78, 5) is 16.2. The molecule has 1 aromatic rings. The molecule has 19 heavy (non-hydrogen) atoms. The van der Waals surface area contributed by atoms with E-state index in [1.54, 1.807) is 19.2 Å². The maximum atomic E-state index is 12.0. The molecular formula is C14H21ClN2O2. The zero-order valence-corrected chi connectivity index (χ0v) is 12.6. The molecule has 1 unspecified atom stereocenters. The van der Waals surface area contributed by atoms with Crippen molar-refractivity contribution in [2.24, 2.45) is 5.92 Å². The number of rotatable bonds is 6. The average molecular weight is 285 g/mol. The Morgan fingerprint density at radius 1 is 1.42 bits per heavy atom. The van der Waals surface area contributed by atoms with Crippen LogP contribution in [0.5, 0.6) is 0 Å². The number of methoxy groups -OCH3 is 1. The van der Waals surface area contributed by atoms with Crippen LogP contribution in [0.25, 0.3) is 0 Å². The molecule has 0 aliphatic heterocycles. The van der Waals surface area contributed by atoms with Gasteiger partial charge in [-0.3, -0.25) is 4.79 Å². The largest absolute Gasteiger partial charge is 0.384 e. The van der Waals surface area contributed by atoms with Crippen LogP contribution in [0.15, 0.2) is 12.1 Å². The standard InChI is InChI=1S/C14H21ClN2O2/c1-9(2)12-5-11(6-13(15)17-12)14(18)16-7-10(3)8-19-4/h5-6,9-10H,7-8H2,1-4H3,(H,16,18). The topological polar surface area (TPSA) is 51.2 Å². The highest BCUT2D eigenvalue weighted by Gasteiger charge is 2.12. The summed E-state index contributed by atoms with van der Waals surface area (Å²) in [5, 5.41) is 3.22. The minimum Gasteiger partial charge on any atom is -0.384 e. The Hall–Kier alpha value is -1.13. The normalized spacial score (nSPS) is 12.5. The summed E-state index contributed by atoms with van der Waals surface area (Å²) in [7, 11) is 1.65. The number of hydrogen-bond donors (Lipinski definition) is 1. The van der Waals surface area contributed by atoms with Gasteiger partial charge < -0.3 is 10.1 Å². The van der Waals surface area contributed by atoms with Gasteiger partial charge in [-0.1, -0.05) is 32.4 Å². The van der Waals surface area contributed by atoms with Gasteiger partial charge in [0.1, 0.15) is 5.15 Å². The Balaban J connectivity index is 2.71. The lowest BCUT2D eigenvalue weighted by molar-refractivity contribution is 0.0934. The van der Waals surface area contributed by atoms with Gasteiger partial charge in [-0.25, -0.2) is 4.98 Å². The first-order chi connectivity index (χ1) is 8.93.